The van der Waals surface area contributed by atoms with E-state index in [2.05, 4.69) is 16.8 Å². The summed E-state index contributed by atoms with van der Waals surface area (Å²) in [4.78, 5) is 0. The van der Waals surface area contributed by atoms with Crippen LogP contribution in [0.3, 0.4) is 0 Å². The van der Waals surface area contributed by atoms with E-state index in [0.29, 0.717) is 6.54 Å². The lowest BCUT2D eigenvalue weighted by Crippen LogP contribution is -2.01. The Hall–Kier alpha value is -1.32. The van der Waals surface area contributed by atoms with Crippen molar-refractivity contribution in [2.75, 3.05) is 6.61 Å². The van der Waals surface area contributed by atoms with Gasteiger partial charge in [-0.15, -0.1) is 0 Å². The van der Waals surface area contributed by atoms with Crippen LogP contribution in [0.5, 0.6) is 5.75 Å². The summed E-state index contributed by atoms with van der Waals surface area (Å²) in [5, 5.41) is 4.24. The van der Waals surface area contributed by atoms with Gasteiger partial charge in [0, 0.05) is 13.0 Å². The Morgan fingerprint density at radius 3 is 2.50 bits per heavy atom. The third-order valence-electron chi connectivity index (χ3n) is 2.40. The first kappa shape index (κ1) is 11.2. The van der Waals surface area contributed by atoms with Gasteiger partial charge >= 0.3 is 0 Å². The normalized spacial score (nSPS) is 10.3. The predicted octanol–water partition coefficient (Wildman–Crippen LogP) is 2.83. The molecule has 2 nitrogen and oxygen atoms in total. The van der Waals surface area contributed by atoms with E-state index in [1.54, 1.807) is 11.3 Å². The number of ether oxygens (including phenoxy) is 1. The molecule has 0 amide bonds. The Labute approximate surface area is 99.7 Å². The Morgan fingerprint density at radius 2 is 1.88 bits per heavy atom. The highest BCUT2D eigenvalue weighted by atomic mass is 32.1. The van der Waals surface area contributed by atoms with E-state index in [1.165, 1.54) is 5.56 Å². The van der Waals surface area contributed by atoms with Crippen LogP contribution in [0.25, 0.3) is 0 Å². The van der Waals surface area contributed by atoms with Gasteiger partial charge in [0.2, 0.25) is 0 Å². The summed E-state index contributed by atoms with van der Waals surface area (Å²) in [6, 6.07) is 10.1. The lowest BCUT2D eigenvalue weighted by Gasteiger charge is -2.05. The average molecular weight is 233 g/mol. The Kier molecular flexibility index (Phi) is 3.97. The van der Waals surface area contributed by atoms with Crippen LogP contribution in [0, 0.1) is 0 Å². The number of thiophene rings is 1. The maximum absolute atomic E-state index is 5.64. The number of hydrogen-bond donors (Lipinski definition) is 1. The van der Waals surface area contributed by atoms with Gasteiger partial charge in [-0.2, -0.15) is 11.3 Å². The molecule has 0 saturated heterocycles. The van der Waals surface area contributed by atoms with Crippen LogP contribution in [0.1, 0.15) is 11.1 Å². The summed E-state index contributed by atoms with van der Waals surface area (Å²) in [5.74, 6) is 0.910. The van der Waals surface area contributed by atoms with Crippen LogP contribution >= 0.6 is 11.3 Å². The molecule has 0 unspecified atom stereocenters. The van der Waals surface area contributed by atoms with Crippen molar-refractivity contribution in [3.63, 3.8) is 0 Å². The topological polar surface area (TPSA) is 35.2 Å². The largest absolute Gasteiger partial charge is 0.493 e. The van der Waals surface area contributed by atoms with Gasteiger partial charge in [0.05, 0.1) is 6.61 Å². The molecule has 0 fully saturated rings. The van der Waals surface area contributed by atoms with Crippen molar-refractivity contribution in [3.05, 3.63) is 52.2 Å². The highest BCUT2D eigenvalue weighted by molar-refractivity contribution is 7.07. The predicted molar refractivity (Wildman–Crippen MR) is 67.9 cm³/mol. The summed E-state index contributed by atoms with van der Waals surface area (Å²) in [6.45, 7) is 1.30. The molecule has 1 aromatic heterocycles. The second-order valence-electron chi connectivity index (χ2n) is 3.58. The van der Waals surface area contributed by atoms with E-state index in [1.807, 2.05) is 24.3 Å². The molecular weight excluding hydrogens is 218 g/mol. The molecule has 3 heteroatoms. The van der Waals surface area contributed by atoms with E-state index in [9.17, 15) is 0 Å². The second-order valence-corrected chi connectivity index (χ2v) is 4.36. The van der Waals surface area contributed by atoms with Crippen molar-refractivity contribution < 1.29 is 4.74 Å². The molecule has 0 radical (unpaired) electrons. The van der Waals surface area contributed by atoms with Crippen molar-refractivity contribution in [3.8, 4) is 5.75 Å². The van der Waals surface area contributed by atoms with Gasteiger partial charge in [-0.1, -0.05) is 12.1 Å². The highest BCUT2D eigenvalue weighted by Crippen LogP contribution is 2.13. The first-order chi connectivity index (χ1) is 7.88. The number of hydrogen-bond acceptors (Lipinski definition) is 3. The zero-order chi connectivity index (χ0) is 11.2. The fourth-order valence-electron chi connectivity index (χ4n) is 1.44. The van der Waals surface area contributed by atoms with Crippen LogP contribution in [0.15, 0.2) is 41.1 Å². The third kappa shape index (κ3) is 3.08. The van der Waals surface area contributed by atoms with Crippen molar-refractivity contribution in [2.45, 2.75) is 13.0 Å². The Bertz CT molecular complexity index is 408. The fraction of sp³-hybridized carbons (Fsp3) is 0.231. The van der Waals surface area contributed by atoms with Crippen molar-refractivity contribution in [1.29, 1.82) is 0 Å². The SMILES string of the molecule is NCc1ccc(OCCc2ccsc2)cc1. The van der Waals surface area contributed by atoms with Gasteiger partial charge < -0.3 is 10.5 Å². The smallest absolute Gasteiger partial charge is 0.119 e. The lowest BCUT2D eigenvalue weighted by molar-refractivity contribution is 0.322. The number of nitrogens with two attached hydrogens (primary N) is 1. The van der Waals surface area contributed by atoms with Crippen LogP contribution in [-0.4, -0.2) is 6.61 Å². The molecule has 2 N–H and O–H groups in total. The third-order valence-corrected chi connectivity index (χ3v) is 3.13. The molecular formula is C13H15NOS. The quantitative estimate of drug-likeness (QED) is 0.862. The van der Waals surface area contributed by atoms with Gasteiger partial charge in [-0.25, -0.2) is 0 Å². The Morgan fingerprint density at radius 1 is 1.06 bits per heavy atom. The molecule has 0 saturated carbocycles. The van der Waals surface area contributed by atoms with E-state index >= 15 is 0 Å². The molecule has 2 rings (SSSR count). The fourth-order valence-corrected chi connectivity index (χ4v) is 2.15. The molecule has 0 bridgehead atoms. The molecule has 0 atom stereocenters. The van der Waals surface area contributed by atoms with Gasteiger partial charge in [-0.05, 0) is 40.1 Å². The van der Waals surface area contributed by atoms with Crippen LogP contribution in [0.4, 0.5) is 0 Å². The van der Waals surface area contributed by atoms with Gasteiger partial charge in [-0.3, -0.25) is 0 Å². The Balaban J connectivity index is 1.81. The van der Waals surface area contributed by atoms with Gasteiger partial charge in [0.15, 0.2) is 0 Å². The van der Waals surface area contributed by atoms with Gasteiger partial charge in [0.25, 0.3) is 0 Å². The van der Waals surface area contributed by atoms with E-state index < -0.39 is 0 Å². The first-order valence-corrected chi connectivity index (χ1v) is 6.25. The maximum Gasteiger partial charge on any atom is 0.119 e. The van der Waals surface area contributed by atoms with E-state index in [4.69, 9.17) is 10.5 Å². The van der Waals surface area contributed by atoms with Crippen LogP contribution in [-0.2, 0) is 13.0 Å². The first-order valence-electron chi connectivity index (χ1n) is 5.31. The minimum Gasteiger partial charge on any atom is -0.493 e. The molecule has 1 aromatic carbocycles. The minimum absolute atomic E-state index is 0.579. The standard InChI is InChI=1S/C13H15NOS/c14-9-11-1-3-13(4-2-11)15-7-5-12-6-8-16-10-12/h1-4,6,8,10H,5,7,9,14H2. The molecule has 0 aliphatic heterocycles. The van der Waals surface area contributed by atoms with Crippen molar-refractivity contribution >= 4 is 11.3 Å². The van der Waals surface area contributed by atoms with Crippen LogP contribution in [0.2, 0.25) is 0 Å². The second kappa shape index (κ2) is 5.68. The van der Waals surface area contributed by atoms with Gasteiger partial charge in [0.1, 0.15) is 5.75 Å². The van der Waals surface area contributed by atoms with E-state index in [0.717, 1.165) is 24.3 Å². The average Bonchev–Trinajstić information content (AvgIpc) is 2.83. The molecule has 84 valence electrons. The molecule has 2 aromatic rings. The lowest BCUT2D eigenvalue weighted by atomic mass is 10.2. The highest BCUT2D eigenvalue weighted by Gasteiger charge is 1.96. The minimum atomic E-state index is 0.579. The zero-order valence-electron chi connectivity index (χ0n) is 9.06. The summed E-state index contributed by atoms with van der Waals surface area (Å²) in [5.41, 5.74) is 7.99. The van der Waals surface area contributed by atoms with Crippen molar-refractivity contribution in [1.82, 2.24) is 0 Å². The summed E-state index contributed by atoms with van der Waals surface area (Å²) in [7, 11) is 0. The molecule has 0 aliphatic rings. The summed E-state index contributed by atoms with van der Waals surface area (Å²) < 4.78 is 5.64. The number of rotatable bonds is 5. The molecule has 0 spiro atoms. The van der Waals surface area contributed by atoms with Crippen molar-refractivity contribution in [2.24, 2.45) is 5.73 Å². The monoisotopic (exact) mass is 233 g/mol. The van der Waals surface area contributed by atoms with Crippen LogP contribution < -0.4 is 10.5 Å². The summed E-state index contributed by atoms with van der Waals surface area (Å²) in [6.07, 6.45) is 0.960. The maximum atomic E-state index is 5.64. The molecule has 1 heterocycles. The summed E-state index contributed by atoms with van der Waals surface area (Å²) >= 11 is 1.72. The van der Waals surface area contributed by atoms with E-state index in [-0.39, 0.29) is 0 Å². The molecule has 16 heavy (non-hydrogen) atoms. The molecule has 0 aliphatic carbocycles. The zero-order valence-corrected chi connectivity index (χ0v) is 9.87. The number of benzene rings is 1.